The van der Waals surface area contributed by atoms with Crippen molar-refractivity contribution < 1.29 is 0 Å². The first-order chi connectivity index (χ1) is 30.5. The quantitative estimate of drug-likeness (QED) is 0.164. The van der Waals surface area contributed by atoms with Crippen LogP contribution in [0.2, 0.25) is 0 Å². The van der Waals surface area contributed by atoms with E-state index in [2.05, 4.69) is 55.5 Å². The van der Waals surface area contributed by atoms with Crippen LogP contribution < -0.4 is 22.2 Å². The van der Waals surface area contributed by atoms with Crippen LogP contribution in [0.3, 0.4) is 0 Å². The molecule has 0 atom stereocenters. The van der Waals surface area contributed by atoms with E-state index in [1.54, 1.807) is 36.7 Å². The highest BCUT2D eigenvalue weighted by atomic mass is 16.2. The maximum Gasteiger partial charge on any atom is 0.266 e. The van der Waals surface area contributed by atoms with E-state index in [4.69, 9.17) is 0 Å². The summed E-state index contributed by atoms with van der Waals surface area (Å²) >= 11 is 0. The first-order valence-corrected chi connectivity index (χ1v) is 20.2. The van der Waals surface area contributed by atoms with Gasteiger partial charge in [0, 0.05) is 50.4 Å². The molecule has 0 amide bonds. The van der Waals surface area contributed by atoms with E-state index in [9.17, 15) is 9.59 Å². The summed E-state index contributed by atoms with van der Waals surface area (Å²) in [5.41, 5.74) is 4.58. The molecule has 0 bridgehead atoms. The van der Waals surface area contributed by atoms with Crippen LogP contribution in [0.25, 0.3) is 110 Å². The lowest BCUT2D eigenvalue weighted by Gasteiger charge is -2.17. The second kappa shape index (κ2) is 12.4. The first-order valence-electron chi connectivity index (χ1n) is 20.2. The average Bonchev–Trinajstić information content (AvgIpc) is 3.99. The Bertz CT molecular complexity index is 4150. The summed E-state index contributed by atoms with van der Waals surface area (Å²) in [6.45, 7) is 0. The zero-order valence-corrected chi connectivity index (χ0v) is 32.5. The largest absolute Gasteiger partial charge is 0.309 e. The van der Waals surface area contributed by atoms with Crippen LogP contribution >= 0.6 is 0 Å². The molecule has 10 heteroatoms. The highest BCUT2D eigenvalue weighted by molar-refractivity contribution is 6.11. The van der Waals surface area contributed by atoms with Crippen LogP contribution in [-0.2, 0) is 0 Å². The Morgan fingerprint density at radius 1 is 0.306 bits per heavy atom. The molecule has 0 aliphatic heterocycles. The maximum absolute atomic E-state index is 15.0. The predicted molar refractivity (Wildman–Crippen MR) is 247 cm³/mol. The van der Waals surface area contributed by atoms with Gasteiger partial charge in [-0.15, -0.1) is 0 Å². The van der Waals surface area contributed by atoms with E-state index >= 15 is 9.59 Å². The topological polar surface area (TPSA) is 114 Å². The fourth-order valence-electron chi connectivity index (χ4n) is 9.76. The Morgan fingerprint density at radius 2 is 0.742 bits per heavy atom. The van der Waals surface area contributed by atoms with Gasteiger partial charge in [0.25, 0.3) is 22.2 Å². The van der Waals surface area contributed by atoms with Crippen LogP contribution in [-0.4, -0.2) is 28.2 Å². The van der Waals surface area contributed by atoms with Crippen molar-refractivity contribution in [1.82, 2.24) is 28.2 Å². The van der Waals surface area contributed by atoms with Crippen molar-refractivity contribution in [3.05, 3.63) is 212 Å². The second-order valence-corrected chi connectivity index (χ2v) is 15.6. The number of hydrogen-bond donors (Lipinski definition) is 0. The van der Waals surface area contributed by atoms with Gasteiger partial charge < -0.3 is 9.13 Å². The van der Waals surface area contributed by atoms with Crippen LogP contribution in [0.5, 0.6) is 0 Å². The van der Waals surface area contributed by atoms with Crippen molar-refractivity contribution in [1.29, 1.82) is 0 Å². The lowest BCUT2D eigenvalue weighted by Crippen LogP contribution is -2.25. The van der Waals surface area contributed by atoms with Gasteiger partial charge in [0.2, 0.25) is 0 Å². The van der Waals surface area contributed by atoms with Crippen LogP contribution in [0.1, 0.15) is 0 Å². The molecular weight excluding hydrogens is 773 g/mol. The Kier molecular flexibility index (Phi) is 6.82. The number of pyridine rings is 2. The van der Waals surface area contributed by atoms with Crippen molar-refractivity contribution in [2.75, 3.05) is 0 Å². The fourth-order valence-corrected chi connectivity index (χ4v) is 9.76. The van der Waals surface area contributed by atoms with E-state index in [1.807, 2.05) is 84.9 Å². The molecule has 0 aliphatic carbocycles. The maximum atomic E-state index is 15.0. The van der Waals surface area contributed by atoms with E-state index in [0.717, 1.165) is 53.9 Å². The number of rotatable bonds is 4. The van der Waals surface area contributed by atoms with Crippen LogP contribution in [0.4, 0.5) is 0 Å². The van der Waals surface area contributed by atoms with Crippen molar-refractivity contribution in [2.45, 2.75) is 0 Å². The number of nitrogens with zero attached hydrogens (tertiary/aromatic N) is 6. The normalized spacial score (nSPS) is 12.1. The summed E-state index contributed by atoms with van der Waals surface area (Å²) in [4.78, 5) is 67.9. The first kappa shape index (κ1) is 34.1. The van der Waals surface area contributed by atoms with E-state index < -0.39 is 22.2 Å². The Hall–Kier alpha value is -8.76. The summed E-state index contributed by atoms with van der Waals surface area (Å²) < 4.78 is 6.53. The third-order valence-corrected chi connectivity index (χ3v) is 12.4. The summed E-state index contributed by atoms with van der Waals surface area (Å²) in [5, 5.41) is 5.63. The minimum Gasteiger partial charge on any atom is -0.309 e. The lowest BCUT2D eigenvalue weighted by molar-refractivity contribution is 0.963. The molecular formula is C52H28N6O4. The van der Waals surface area contributed by atoms with E-state index in [-0.39, 0.29) is 21.5 Å². The Balaban J connectivity index is 1.10. The smallest absolute Gasteiger partial charge is 0.266 e. The van der Waals surface area contributed by atoms with Gasteiger partial charge >= 0.3 is 0 Å². The summed E-state index contributed by atoms with van der Waals surface area (Å²) in [6.07, 6.45) is 3.31. The SMILES string of the molecule is O=c1c2cc3c(=O)n(-c4cc5cccnc5c5ncccc45)c(=O)c3cc2c(=O)n1-c1cc(-n2c3ccccc3c3ccccc32)ccc1-n1c2ccccc2c2ccccc21. The Morgan fingerprint density at radius 3 is 1.27 bits per heavy atom. The molecule has 62 heavy (non-hydrogen) atoms. The van der Waals surface area contributed by atoms with Gasteiger partial charge in [0.05, 0.1) is 71.7 Å². The Labute approximate surface area is 348 Å². The molecule has 0 radical (unpaired) electrons. The summed E-state index contributed by atoms with van der Waals surface area (Å²) in [7, 11) is 0. The zero-order valence-electron chi connectivity index (χ0n) is 32.5. The molecule has 0 aliphatic rings. The van der Waals surface area contributed by atoms with Gasteiger partial charge in [-0.2, -0.15) is 0 Å². The molecule has 0 unspecified atom stereocenters. The van der Waals surface area contributed by atoms with Crippen molar-refractivity contribution in [3.63, 3.8) is 0 Å². The molecule has 13 aromatic rings. The van der Waals surface area contributed by atoms with Crippen molar-refractivity contribution >= 4 is 87.0 Å². The third-order valence-electron chi connectivity index (χ3n) is 12.4. The third kappa shape index (κ3) is 4.46. The monoisotopic (exact) mass is 800 g/mol. The standard InChI is InChI=1S/C52H28N6O4/c59-49-36-27-38-39(28-37(36)50(60)57(49)45-25-29-11-9-23-53-47(29)48-35(45)16-10-24-54-48)52(62)58(51(38)61)46-26-30(55-40-17-5-1-12-31(40)32-13-2-6-18-41(32)55)21-22-44(46)56-42-19-7-3-14-33(42)34-15-4-8-20-43(34)56/h1-28H. The van der Waals surface area contributed by atoms with Gasteiger partial charge in [-0.05, 0) is 78.9 Å². The molecule has 0 N–H and O–H groups in total. The number of benzene rings is 7. The highest BCUT2D eigenvalue weighted by Gasteiger charge is 2.25. The number of aromatic nitrogens is 6. The minimum atomic E-state index is -0.598. The number of hydrogen-bond acceptors (Lipinski definition) is 6. The highest BCUT2D eigenvalue weighted by Crippen LogP contribution is 2.37. The van der Waals surface area contributed by atoms with Crippen molar-refractivity contribution in [2.24, 2.45) is 0 Å². The van der Waals surface area contributed by atoms with Gasteiger partial charge in [0.1, 0.15) is 0 Å². The molecule has 13 rings (SSSR count). The molecule has 0 fully saturated rings. The van der Waals surface area contributed by atoms with Crippen LogP contribution in [0, 0.1) is 0 Å². The van der Waals surface area contributed by atoms with E-state index in [0.29, 0.717) is 38.9 Å². The van der Waals surface area contributed by atoms with Crippen molar-refractivity contribution in [3.8, 4) is 22.7 Å². The predicted octanol–water partition coefficient (Wildman–Crippen LogP) is 9.18. The average molecular weight is 801 g/mol. The molecule has 0 saturated carbocycles. The molecule has 290 valence electrons. The fraction of sp³-hybridized carbons (Fsp3) is 0. The summed E-state index contributed by atoms with van der Waals surface area (Å²) in [6, 6.07) is 50.0. The lowest BCUT2D eigenvalue weighted by atomic mass is 10.1. The summed E-state index contributed by atoms with van der Waals surface area (Å²) in [5.74, 6) is 0. The number of fused-ring (bicyclic) bond motifs is 11. The molecule has 7 aromatic carbocycles. The van der Waals surface area contributed by atoms with Gasteiger partial charge in [-0.3, -0.25) is 29.1 Å². The van der Waals surface area contributed by atoms with Gasteiger partial charge in [-0.1, -0.05) is 78.9 Å². The molecule has 6 heterocycles. The number of para-hydroxylation sites is 4. The zero-order chi connectivity index (χ0) is 41.4. The molecule has 10 nitrogen and oxygen atoms in total. The van der Waals surface area contributed by atoms with Gasteiger partial charge in [0.15, 0.2) is 0 Å². The minimum absolute atomic E-state index is 0.0430. The van der Waals surface area contributed by atoms with Crippen LogP contribution in [0.15, 0.2) is 189 Å². The second-order valence-electron chi connectivity index (χ2n) is 15.6. The molecule has 0 saturated heterocycles. The molecule has 0 spiro atoms. The van der Waals surface area contributed by atoms with Gasteiger partial charge in [-0.25, -0.2) is 9.13 Å². The van der Waals surface area contributed by atoms with E-state index in [1.165, 1.54) is 16.7 Å². The molecule has 6 aromatic heterocycles.